The van der Waals surface area contributed by atoms with Crippen molar-refractivity contribution in [3.05, 3.63) is 24.2 Å². The molecule has 2 rings (SSSR count). The monoisotopic (exact) mass is 548 g/mol. The lowest BCUT2D eigenvalue weighted by atomic mass is 9.98. The molecule has 14 heteroatoms. The lowest BCUT2D eigenvalue weighted by Gasteiger charge is -2.30. The first-order valence-corrected chi connectivity index (χ1v) is 13.2. The zero-order chi connectivity index (χ0) is 28.0. The molecular weight excluding hydrogens is 511 g/mol. The van der Waals surface area contributed by atoms with E-state index in [0.717, 1.165) is 5.82 Å². The molecule has 2 heterocycles. The summed E-state index contributed by atoms with van der Waals surface area (Å²) in [6.07, 6.45) is 0.199. The summed E-state index contributed by atoms with van der Waals surface area (Å²) < 4.78 is 45.0. The lowest BCUT2D eigenvalue weighted by molar-refractivity contribution is -0.161. The van der Waals surface area contributed by atoms with Crippen LogP contribution in [-0.4, -0.2) is 79.8 Å². The lowest BCUT2D eigenvalue weighted by Crippen LogP contribution is -2.50. The smallest absolute Gasteiger partial charge is 0.359 e. The molecule has 1 saturated heterocycles. The van der Waals surface area contributed by atoms with Crippen molar-refractivity contribution in [3.8, 4) is 0 Å². The molecule has 0 radical (unpaired) electrons. The number of aliphatic hydroxyl groups is 1. The van der Waals surface area contributed by atoms with Gasteiger partial charge < -0.3 is 29.4 Å². The maximum absolute atomic E-state index is 13.4. The number of hydrogen-bond donors (Lipinski definition) is 2. The first-order chi connectivity index (χ1) is 17.1. The van der Waals surface area contributed by atoms with Crippen molar-refractivity contribution in [2.45, 2.75) is 66.1 Å². The number of carbonyl (C=O) groups excluding carboxylic acids is 3. The van der Waals surface area contributed by atoms with Crippen molar-refractivity contribution in [1.82, 2.24) is 10.2 Å². The Morgan fingerprint density at radius 1 is 1.14 bits per heavy atom. The summed E-state index contributed by atoms with van der Waals surface area (Å²) in [5, 5.41) is 13.3. The number of urea groups is 1. The summed E-state index contributed by atoms with van der Waals surface area (Å²) in [6.45, 7) is 8.75. The Kier molecular flexibility index (Phi) is 10.5. The number of aliphatic hydroxyl groups excluding tert-OH is 1. The molecule has 0 aromatic heterocycles. The van der Waals surface area contributed by atoms with Crippen molar-refractivity contribution in [3.63, 3.8) is 0 Å². The second kappa shape index (κ2) is 12.5. The highest BCUT2D eigenvalue weighted by Gasteiger charge is 2.47. The van der Waals surface area contributed by atoms with Gasteiger partial charge in [0.1, 0.15) is 18.3 Å². The summed E-state index contributed by atoms with van der Waals surface area (Å²) in [7, 11) is -2.83. The van der Waals surface area contributed by atoms with Gasteiger partial charge >= 0.3 is 25.6 Å². The van der Waals surface area contributed by atoms with Crippen LogP contribution in [-0.2, 0) is 42.1 Å². The zero-order valence-corrected chi connectivity index (χ0v) is 23.1. The summed E-state index contributed by atoms with van der Waals surface area (Å²) in [5.74, 6) is -0.205. The molecule has 1 fully saturated rings. The third-order valence-corrected chi connectivity index (χ3v) is 6.67. The molecule has 2 aliphatic rings. The molecule has 210 valence electrons. The Hall–Kier alpha value is -2.28. The molecule has 0 aliphatic carbocycles. The molecular formula is C23H37N2O11P. The predicted molar refractivity (Wildman–Crippen MR) is 130 cm³/mol. The number of amides is 2. The van der Waals surface area contributed by atoms with E-state index in [9.17, 15) is 24.1 Å². The minimum absolute atomic E-state index is 0.350. The van der Waals surface area contributed by atoms with Gasteiger partial charge in [0.05, 0.1) is 10.8 Å². The van der Waals surface area contributed by atoms with E-state index in [2.05, 4.69) is 5.32 Å². The number of rotatable bonds is 10. The van der Waals surface area contributed by atoms with Gasteiger partial charge in [-0.2, -0.15) is 0 Å². The van der Waals surface area contributed by atoms with Crippen LogP contribution in [0.5, 0.6) is 0 Å². The molecule has 0 spiro atoms. The van der Waals surface area contributed by atoms with E-state index in [1.54, 1.807) is 47.6 Å². The standard InChI is InChI=1S/C23H37N2O11P/c1-22(2,3)19(27)32-13-34-37(30,35-14-33-20(28)23(4,5)6)12-9-15-16(26)17(31-7)18(36-15)25-11-8-10-24-21(25)29/h8-9,11-12,15-18,26H,10,13-14H2,1-7H3,(H,24,29)/b12-9+/t15-,16?,17?,18-/m1/s1. The zero-order valence-electron chi connectivity index (χ0n) is 22.2. The van der Waals surface area contributed by atoms with Gasteiger partial charge in [0, 0.05) is 25.7 Å². The van der Waals surface area contributed by atoms with Gasteiger partial charge in [-0.05, 0) is 53.7 Å². The van der Waals surface area contributed by atoms with E-state index < -0.39 is 74.5 Å². The molecule has 2 aliphatic heterocycles. The molecule has 0 saturated carbocycles. The van der Waals surface area contributed by atoms with Gasteiger partial charge in [-0.15, -0.1) is 0 Å². The normalized spacial score (nSPS) is 24.9. The van der Waals surface area contributed by atoms with Crippen LogP contribution in [0.1, 0.15) is 41.5 Å². The highest BCUT2D eigenvalue weighted by Crippen LogP contribution is 2.50. The fourth-order valence-corrected chi connectivity index (χ4v) is 4.06. The van der Waals surface area contributed by atoms with E-state index in [4.69, 9.17) is 28.0 Å². The van der Waals surface area contributed by atoms with Crippen LogP contribution in [0.15, 0.2) is 24.2 Å². The number of ether oxygens (including phenoxy) is 4. The third-order valence-electron chi connectivity index (χ3n) is 5.20. The minimum Gasteiger partial charge on any atom is -0.438 e. The Labute approximate surface area is 216 Å². The van der Waals surface area contributed by atoms with E-state index in [0.29, 0.717) is 6.54 Å². The second-order valence-corrected chi connectivity index (χ2v) is 12.3. The van der Waals surface area contributed by atoms with Gasteiger partial charge in [-0.3, -0.25) is 28.1 Å². The van der Waals surface area contributed by atoms with Crippen LogP contribution in [0.2, 0.25) is 0 Å². The molecule has 4 atom stereocenters. The quantitative estimate of drug-likeness (QED) is 0.235. The fraction of sp³-hybridized carbons (Fsp3) is 0.696. The van der Waals surface area contributed by atoms with E-state index in [1.807, 2.05) is 0 Å². The van der Waals surface area contributed by atoms with Crippen molar-refractivity contribution in [2.24, 2.45) is 10.8 Å². The number of esters is 2. The largest absolute Gasteiger partial charge is 0.438 e. The van der Waals surface area contributed by atoms with E-state index in [-0.39, 0.29) is 0 Å². The van der Waals surface area contributed by atoms with Gasteiger partial charge in [0.2, 0.25) is 13.6 Å². The predicted octanol–water partition coefficient (Wildman–Crippen LogP) is 2.46. The van der Waals surface area contributed by atoms with Crippen molar-refractivity contribution >= 4 is 25.6 Å². The summed E-state index contributed by atoms with van der Waals surface area (Å²) in [5.41, 5.74) is -1.65. The molecule has 13 nitrogen and oxygen atoms in total. The molecule has 0 aromatic carbocycles. The van der Waals surface area contributed by atoms with Crippen LogP contribution in [0.3, 0.4) is 0 Å². The third kappa shape index (κ3) is 8.62. The van der Waals surface area contributed by atoms with Gasteiger partial charge in [-0.1, -0.05) is 0 Å². The van der Waals surface area contributed by atoms with Gasteiger partial charge in [-0.25, -0.2) is 4.79 Å². The molecule has 37 heavy (non-hydrogen) atoms. The van der Waals surface area contributed by atoms with Crippen LogP contribution >= 0.6 is 7.60 Å². The highest BCUT2D eigenvalue weighted by molar-refractivity contribution is 7.57. The van der Waals surface area contributed by atoms with Crippen molar-refractivity contribution < 1.29 is 52.1 Å². The fourth-order valence-electron chi connectivity index (χ4n) is 3.04. The Morgan fingerprint density at radius 3 is 2.14 bits per heavy atom. The number of methoxy groups -OCH3 is 1. The summed E-state index contributed by atoms with van der Waals surface area (Å²) in [6, 6.07) is -0.440. The Morgan fingerprint density at radius 2 is 1.68 bits per heavy atom. The van der Waals surface area contributed by atoms with E-state index >= 15 is 0 Å². The summed E-state index contributed by atoms with van der Waals surface area (Å²) in [4.78, 5) is 37.5. The molecule has 2 amide bonds. The maximum Gasteiger partial charge on any atom is 0.359 e. The first-order valence-electron chi connectivity index (χ1n) is 11.6. The second-order valence-electron chi connectivity index (χ2n) is 10.4. The maximum atomic E-state index is 13.4. The van der Waals surface area contributed by atoms with Crippen LogP contribution in [0.4, 0.5) is 4.79 Å². The number of carbonyl (C=O) groups is 3. The Balaban J connectivity index is 2.16. The first kappa shape index (κ1) is 30.9. The van der Waals surface area contributed by atoms with Crippen LogP contribution in [0, 0.1) is 10.8 Å². The molecule has 2 unspecified atom stereocenters. The Bertz CT molecular complexity index is 902. The molecule has 0 bridgehead atoms. The average molecular weight is 549 g/mol. The minimum atomic E-state index is -4.18. The highest BCUT2D eigenvalue weighted by atomic mass is 31.2. The average Bonchev–Trinajstić information content (AvgIpc) is 3.11. The topological polar surface area (TPSA) is 159 Å². The van der Waals surface area contributed by atoms with Crippen LogP contribution in [0.25, 0.3) is 0 Å². The number of nitrogens with zero attached hydrogens (tertiary/aromatic N) is 1. The summed E-state index contributed by atoms with van der Waals surface area (Å²) >= 11 is 0. The SMILES string of the molecule is COC1C(O)[C@@H](/C=C/P(=O)(OCOC(=O)C(C)(C)C)OCOC(=O)C(C)(C)C)O[C@H]1N1C=CCNC1=O. The van der Waals surface area contributed by atoms with Crippen molar-refractivity contribution in [1.29, 1.82) is 0 Å². The number of nitrogens with one attached hydrogen (secondary N) is 1. The van der Waals surface area contributed by atoms with Gasteiger partial charge in [0.15, 0.2) is 6.23 Å². The van der Waals surface area contributed by atoms with Crippen LogP contribution < -0.4 is 5.32 Å². The van der Waals surface area contributed by atoms with Crippen molar-refractivity contribution in [2.75, 3.05) is 27.2 Å². The van der Waals surface area contributed by atoms with Gasteiger partial charge in [0.25, 0.3) is 0 Å². The van der Waals surface area contributed by atoms with E-state index in [1.165, 1.54) is 24.3 Å². The number of hydrogen-bond acceptors (Lipinski definition) is 11. The molecule has 0 aromatic rings. The molecule has 2 N–H and O–H groups in total.